The normalized spacial score (nSPS) is 22.2. The molecule has 164 valence electrons. The third-order valence-electron chi connectivity index (χ3n) is 6.80. The number of amides is 1. The summed E-state index contributed by atoms with van der Waals surface area (Å²) in [6, 6.07) is 20.1. The van der Waals surface area contributed by atoms with Gasteiger partial charge in [-0.3, -0.25) is 4.79 Å². The fourth-order valence-electron chi connectivity index (χ4n) is 5.23. The van der Waals surface area contributed by atoms with Crippen molar-refractivity contribution in [2.24, 2.45) is 5.92 Å². The third-order valence-corrected chi connectivity index (χ3v) is 6.80. The summed E-state index contributed by atoms with van der Waals surface area (Å²) in [6.07, 6.45) is 2.87. The van der Waals surface area contributed by atoms with E-state index < -0.39 is 6.09 Å². The first-order valence-electron chi connectivity index (χ1n) is 11.1. The Bertz CT molecular complexity index is 1170. The monoisotopic (exact) mass is 430 g/mol. The van der Waals surface area contributed by atoms with Gasteiger partial charge in [-0.1, -0.05) is 31.2 Å². The molecule has 1 N–H and O–H groups in total. The largest absolute Gasteiger partial charge is 0.465 e. The molecule has 2 aliphatic heterocycles. The first-order valence-corrected chi connectivity index (χ1v) is 11.1. The maximum Gasteiger partial charge on any atom is 0.407 e. The molecule has 2 saturated heterocycles. The van der Waals surface area contributed by atoms with Gasteiger partial charge in [0.2, 0.25) is 0 Å². The fraction of sp³-hybridized carbons (Fsp3) is 0.320. The Labute approximate surface area is 186 Å². The van der Waals surface area contributed by atoms with Crippen LogP contribution in [0, 0.1) is 5.92 Å². The highest BCUT2D eigenvalue weighted by Crippen LogP contribution is 2.40. The van der Waals surface area contributed by atoms with Gasteiger partial charge >= 0.3 is 6.09 Å². The summed E-state index contributed by atoms with van der Waals surface area (Å²) in [6.45, 7) is 3.42. The van der Waals surface area contributed by atoms with Gasteiger partial charge in [0, 0.05) is 43.0 Å². The lowest BCUT2D eigenvalue weighted by Crippen LogP contribution is -2.40. The smallest absolute Gasteiger partial charge is 0.407 e. The van der Waals surface area contributed by atoms with Crippen LogP contribution in [-0.4, -0.2) is 51.1 Å². The van der Waals surface area contributed by atoms with E-state index >= 15 is 0 Å². The predicted octanol–water partition coefficient (Wildman–Crippen LogP) is 3.87. The lowest BCUT2D eigenvalue weighted by Gasteiger charge is -2.32. The van der Waals surface area contributed by atoms with Crippen molar-refractivity contribution in [1.29, 1.82) is 0 Å². The van der Waals surface area contributed by atoms with Crippen LogP contribution in [-0.2, 0) is 0 Å². The lowest BCUT2D eigenvalue weighted by atomic mass is 10.0. The summed E-state index contributed by atoms with van der Waals surface area (Å²) in [5.41, 5.74) is 3.88. The molecule has 0 spiro atoms. The van der Waals surface area contributed by atoms with Crippen molar-refractivity contribution in [3.05, 3.63) is 77.2 Å². The number of anilines is 1. The predicted molar refractivity (Wildman–Crippen MR) is 123 cm³/mol. The number of rotatable bonds is 4. The van der Waals surface area contributed by atoms with E-state index in [-0.39, 0.29) is 11.6 Å². The summed E-state index contributed by atoms with van der Waals surface area (Å²) >= 11 is 0. The number of fused-ring (bicyclic) bond motifs is 1. The number of likely N-dealkylation sites (tertiary alicyclic amines) is 1. The van der Waals surface area contributed by atoms with Crippen LogP contribution in [0.5, 0.6) is 0 Å². The molecular weight excluding hydrogens is 404 g/mol. The van der Waals surface area contributed by atoms with E-state index in [1.165, 1.54) is 10.7 Å². The van der Waals surface area contributed by atoms with Crippen LogP contribution in [0.25, 0.3) is 16.8 Å². The van der Waals surface area contributed by atoms with E-state index in [4.69, 9.17) is 0 Å². The fourth-order valence-corrected chi connectivity index (χ4v) is 5.23. The second kappa shape index (κ2) is 8.15. The molecule has 1 aromatic heterocycles. The molecule has 0 aliphatic carbocycles. The Balaban J connectivity index is 1.37. The number of nitrogens with zero attached hydrogens (tertiary/aromatic N) is 4. The highest BCUT2D eigenvalue weighted by molar-refractivity contribution is 5.69. The van der Waals surface area contributed by atoms with Crippen molar-refractivity contribution < 1.29 is 9.90 Å². The average molecular weight is 431 g/mol. The summed E-state index contributed by atoms with van der Waals surface area (Å²) in [4.78, 5) is 27.4. The van der Waals surface area contributed by atoms with E-state index in [0.29, 0.717) is 25.0 Å². The molecule has 7 heteroatoms. The van der Waals surface area contributed by atoms with Crippen molar-refractivity contribution in [2.45, 2.75) is 31.8 Å². The maximum absolute atomic E-state index is 12.0. The first-order chi connectivity index (χ1) is 15.5. The van der Waals surface area contributed by atoms with Crippen LogP contribution in [0.2, 0.25) is 0 Å². The van der Waals surface area contributed by atoms with Gasteiger partial charge in [0.25, 0.3) is 5.56 Å². The first kappa shape index (κ1) is 20.3. The van der Waals surface area contributed by atoms with Crippen molar-refractivity contribution in [1.82, 2.24) is 14.7 Å². The van der Waals surface area contributed by atoms with Gasteiger partial charge in [-0.25, -0.2) is 4.79 Å². The minimum absolute atomic E-state index is 0.160. The zero-order chi connectivity index (χ0) is 22.2. The van der Waals surface area contributed by atoms with E-state index in [1.807, 2.05) is 24.3 Å². The highest BCUT2D eigenvalue weighted by atomic mass is 16.4. The molecule has 0 saturated carbocycles. The number of carboxylic acid groups (broad SMARTS) is 1. The van der Waals surface area contributed by atoms with E-state index in [0.717, 1.165) is 35.3 Å². The number of benzene rings is 2. The van der Waals surface area contributed by atoms with E-state index in [9.17, 15) is 14.7 Å². The van der Waals surface area contributed by atoms with Gasteiger partial charge in [0.1, 0.15) is 0 Å². The van der Waals surface area contributed by atoms with Gasteiger partial charge in [-0.2, -0.15) is 9.78 Å². The molecule has 3 atom stereocenters. The van der Waals surface area contributed by atoms with Gasteiger partial charge in [0.05, 0.1) is 11.7 Å². The molecule has 1 amide bonds. The molecule has 0 radical (unpaired) electrons. The SMILES string of the molecule is CCC1C[C@@H]2CN(C(=O)O)C[C@@H]2N1c1ccc(-c2ccc(-n3ncccc3=O)cc2)cc1. The van der Waals surface area contributed by atoms with Crippen LogP contribution in [0.4, 0.5) is 10.5 Å². The van der Waals surface area contributed by atoms with Crippen LogP contribution in [0.1, 0.15) is 19.8 Å². The number of hydrogen-bond acceptors (Lipinski definition) is 4. The second-order valence-corrected chi connectivity index (χ2v) is 8.59. The number of aromatic nitrogens is 2. The summed E-state index contributed by atoms with van der Waals surface area (Å²) in [7, 11) is 0. The zero-order valence-corrected chi connectivity index (χ0v) is 18.0. The molecule has 0 bridgehead atoms. The summed E-state index contributed by atoms with van der Waals surface area (Å²) in [5.74, 6) is 0.401. The molecule has 1 unspecified atom stereocenters. The minimum atomic E-state index is -0.820. The topological polar surface area (TPSA) is 78.7 Å². The van der Waals surface area contributed by atoms with Crippen molar-refractivity contribution in [3.8, 4) is 16.8 Å². The molecule has 3 heterocycles. The van der Waals surface area contributed by atoms with Crippen molar-refractivity contribution in [2.75, 3.05) is 18.0 Å². The molecule has 2 fully saturated rings. The zero-order valence-electron chi connectivity index (χ0n) is 18.0. The Morgan fingerprint density at radius 2 is 1.66 bits per heavy atom. The van der Waals surface area contributed by atoms with Crippen molar-refractivity contribution in [3.63, 3.8) is 0 Å². The molecule has 5 rings (SSSR count). The lowest BCUT2D eigenvalue weighted by molar-refractivity contribution is 0.152. The molecule has 2 aliphatic rings. The summed E-state index contributed by atoms with van der Waals surface area (Å²) < 4.78 is 1.38. The van der Waals surface area contributed by atoms with Gasteiger partial charge in [-0.05, 0) is 54.3 Å². The number of hydrogen-bond donors (Lipinski definition) is 1. The van der Waals surface area contributed by atoms with E-state index in [2.05, 4.69) is 41.2 Å². The van der Waals surface area contributed by atoms with Crippen LogP contribution in [0.3, 0.4) is 0 Å². The third kappa shape index (κ3) is 3.53. The second-order valence-electron chi connectivity index (χ2n) is 8.59. The Hall–Kier alpha value is -3.61. The molecule has 32 heavy (non-hydrogen) atoms. The Morgan fingerprint density at radius 3 is 2.25 bits per heavy atom. The molecule has 2 aromatic carbocycles. The van der Waals surface area contributed by atoms with Gasteiger partial charge in [-0.15, -0.1) is 0 Å². The maximum atomic E-state index is 12.0. The summed E-state index contributed by atoms with van der Waals surface area (Å²) in [5, 5.41) is 13.5. The molecule has 3 aromatic rings. The quantitative estimate of drug-likeness (QED) is 0.680. The van der Waals surface area contributed by atoms with Crippen LogP contribution in [0.15, 0.2) is 71.7 Å². The Kier molecular flexibility index (Phi) is 5.17. The standard InChI is InChI=1S/C25H26N4O3/c1-2-20-14-19-15-27(25(31)32)16-23(19)28(20)21-9-5-17(6-10-21)18-7-11-22(12-8-18)29-24(30)4-3-13-26-29/h3-13,19-20,23H,2,14-16H2,1H3,(H,31,32)/t19-,20?,23+/m1/s1. The highest BCUT2D eigenvalue weighted by Gasteiger charge is 2.47. The van der Waals surface area contributed by atoms with Crippen LogP contribution < -0.4 is 10.5 Å². The molecule has 7 nitrogen and oxygen atoms in total. The average Bonchev–Trinajstić information content (AvgIpc) is 3.38. The van der Waals surface area contributed by atoms with Gasteiger partial charge in [0.15, 0.2) is 0 Å². The van der Waals surface area contributed by atoms with Gasteiger partial charge < -0.3 is 14.9 Å². The van der Waals surface area contributed by atoms with E-state index in [1.54, 1.807) is 17.2 Å². The Morgan fingerprint density at radius 1 is 1.00 bits per heavy atom. The molecular formula is C25H26N4O3. The minimum Gasteiger partial charge on any atom is -0.465 e. The van der Waals surface area contributed by atoms with Crippen LogP contribution >= 0.6 is 0 Å². The number of carbonyl (C=O) groups is 1. The van der Waals surface area contributed by atoms with Crippen molar-refractivity contribution >= 4 is 11.8 Å².